The van der Waals surface area contributed by atoms with Crippen LogP contribution in [0.25, 0.3) is 0 Å². The number of aliphatic hydroxyl groups is 1. The van der Waals surface area contributed by atoms with Crippen LogP contribution in [0.5, 0.6) is 0 Å². The van der Waals surface area contributed by atoms with Crippen molar-refractivity contribution in [2.24, 2.45) is 17.8 Å². The number of nitrogens with zero attached hydrogens (tertiary/aromatic N) is 1. The van der Waals surface area contributed by atoms with Gasteiger partial charge in [-0.15, -0.1) is 0 Å². The Balaban J connectivity index is 1.79. The molecule has 1 saturated carbocycles. The number of rotatable bonds is 6. The van der Waals surface area contributed by atoms with Crippen molar-refractivity contribution in [1.82, 2.24) is 0 Å². The molecule has 1 aliphatic heterocycles. The highest BCUT2D eigenvalue weighted by atomic mass is 16.5. The topological polar surface area (TPSA) is 29.5 Å². The minimum Gasteiger partial charge on any atom is -0.385 e. The number of aliphatic hydroxyl groups excluding tert-OH is 1. The summed E-state index contributed by atoms with van der Waals surface area (Å²) in [6.45, 7) is 10.8. The molecule has 3 heteroatoms. The lowest BCUT2D eigenvalue weighted by Gasteiger charge is -2.38. The molecule has 0 aromatic heterocycles. The number of hydrogen-bond donors (Lipinski definition) is 1. The fraction of sp³-hybridized carbons (Fsp3) is 1.00. The highest BCUT2D eigenvalue weighted by molar-refractivity contribution is 4.81. The van der Waals surface area contributed by atoms with E-state index < -0.39 is 0 Å². The van der Waals surface area contributed by atoms with Crippen LogP contribution in [-0.4, -0.2) is 55.1 Å². The number of likely N-dealkylation sites (tertiary alicyclic amines) is 1. The van der Waals surface area contributed by atoms with Crippen LogP contribution in [0.4, 0.5) is 0 Å². The first-order chi connectivity index (χ1) is 9.89. The average Bonchev–Trinajstić information content (AvgIpc) is 2.82. The van der Waals surface area contributed by atoms with E-state index in [-0.39, 0.29) is 6.10 Å². The van der Waals surface area contributed by atoms with Gasteiger partial charge in [0.25, 0.3) is 0 Å². The summed E-state index contributed by atoms with van der Waals surface area (Å²) in [6.07, 6.45) is 6.44. The molecule has 0 aromatic carbocycles. The van der Waals surface area contributed by atoms with Gasteiger partial charge in [0.1, 0.15) is 12.6 Å². The molecule has 2 fully saturated rings. The summed E-state index contributed by atoms with van der Waals surface area (Å²) in [4.78, 5) is 0. The van der Waals surface area contributed by atoms with Gasteiger partial charge in [0.15, 0.2) is 0 Å². The Morgan fingerprint density at radius 3 is 2.48 bits per heavy atom. The number of likely N-dealkylation sites (N-methyl/N-ethyl adjacent to an activating group) is 1. The van der Waals surface area contributed by atoms with Gasteiger partial charge in [0, 0.05) is 12.8 Å². The van der Waals surface area contributed by atoms with Crippen molar-refractivity contribution in [3.05, 3.63) is 0 Å². The molecule has 1 heterocycles. The molecule has 1 aliphatic carbocycles. The molecule has 3 nitrogen and oxygen atoms in total. The van der Waals surface area contributed by atoms with E-state index in [0.717, 1.165) is 16.9 Å². The van der Waals surface area contributed by atoms with E-state index in [1.54, 1.807) is 0 Å². The van der Waals surface area contributed by atoms with Gasteiger partial charge in [0.2, 0.25) is 0 Å². The first-order valence-corrected chi connectivity index (χ1v) is 9.03. The molecule has 4 atom stereocenters. The second-order valence-electron chi connectivity index (χ2n) is 8.31. The van der Waals surface area contributed by atoms with Gasteiger partial charge in [-0.25, -0.2) is 0 Å². The Labute approximate surface area is 131 Å². The lowest BCUT2D eigenvalue weighted by molar-refractivity contribution is -0.900. The summed E-state index contributed by atoms with van der Waals surface area (Å²) < 4.78 is 7.21. The highest BCUT2D eigenvalue weighted by Gasteiger charge is 2.33. The molecule has 21 heavy (non-hydrogen) atoms. The summed E-state index contributed by atoms with van der Waals surface area (Å²) in [7, 11) is 2.27. The predicted molar refractivity (Wildman–Crippen MR) is 87.1 cm³/mol. The normalized spacial score (nSPS) is 34.3. The van der Waals surface area contributed by atoms with Gasteiger partial charge in [-0.05, 0) is 30.6 Å². The van der Waals surface area contributed by atoms with Gasteiger partial charge in [0.05, 0.1) is 32.8 Å². The van der Waals surface area contributed by atoms with Gasteiger partial charge in [-0.3, -0.25) is 0 Å². The van der Waals surface area contributed by atoms with Gasteiger partial charge < -0.3 is 14.3 Å². The third kappa shape index (κ3) is 4.94. The van der Waals surface area contributed by atoms with E-state index in [4.69, 9.17) is 4.74 Å². The van der Waals surface area contributed by atoms with Gasteiger partial charge in [-0.2, -0.15) is 0 Å². The van der Waals surface area contributed by atoms with Crippen LogP contribution < -0.4 is 0 Å². The van der Waals surface area contributed by atoms with Crippen molar-refractivity contribution >= 4 is 0 Å². The van der Waals surface area contributed by atoms with E-state index in [0.29, 0.717) is 24.5 Å². The van der Waals surface area contributed by atoms with Crippen LogP contribution in [0.2, 0.25) is 0 Å². The number of quaternary nitrogens is 1. The molecule has 2 rings (SSSR count). The number of ether oxygens (including phenoxy) is 1. The maximum Gasteiger partial charge on any atom is 0.126 e. The fourth-order valence-corrected chi connectivity index (χ4v) is 4.38. The van der Waals surface area contributed by atoms with Crippen molar-refractivity contribution in [1.29, 1.82) is 0 Å². The minimum atomic E-state index is -0.307. The Kier molecular flexibility index (Phi) is 6.10. The van der Waals surface area contributed by atoms with E-state index in [1.165, 1.54) is 45.2 Å². The second-order valence-corrected chi connectivity index (χ2v) is 8.31. The molecule has 0 amide bonds. The van der Waals surface area contributed by atoms with Crippen molar-refractivity contribution in [3.8, 4) is 0 Å². The van der Waals surface area contributed by atoms with Crippen LogP contribution >= 0.6 is 0 Å². The molecular formula is C18H36NO2+. The van der Waals surface area contributed by atoms with E-state index in [1.807, 2.05) is 0 Å². The Morgan fingerprint density at radius 1 is 1.19 bits per heavy atom. The predicted octanol–water partition coefficient (Wildman–Crippen LogP) is 3.07. The standard InChI is InChI=1S/C18H36NO2/c1-14(2)17-8-7-15(3)11-18(17)21-13-16(20)12-19(4)9-5-6-10-19/h14-18,20H,5-13H2,1-4H3/q+1. The molecular weight excluding hydrogens is 262 g/mol. The van der Waals surface area contributed by atoms with E-state index >= 15 is 0 Å². The third-order valence-corrected chi connectivity index (χ3v) is 5.76. The summed E-state index contributed by atoms with van der Waals surface area (Å²) in [5.74, 6) is 2.12. The summed E-state index contributed by atoms with van der Waals surface area (Å²) in [5, 5.41) is 10.4. The zero-order valence-electron chi connectivity index (χ0n) is 14.6. The zero-order chi connectivity index (χ0) is 15.5. The zero-order valence-corrected chi connectivity index (χ0v) is 14.6. The van der Waals surface area contributed by atoms with Gasteiger partial charge >= 0.3 is 0 Å². The number of hydrogen-bond acceptors (Lipinski definition) is 2. The van der Waals surface area contributed by atoms with Crippen molar-refractivity contribution in [3.63, 3.8) is 0 Å². The van der Waals surface area contributed by atoms with Crippen LogP contribution in [0, 0.1) is 17.8 Å². The Hall–Kier alpha value is -0.120. The monoisotopic (exact) mass is 298 g/mol. The van der Waals surface area contributed by atoms with Gasteiger partial charge in [-0.1, -0.05) is 27.2 Å². The second kappa shape index (κ2) is 7.43. The average molecular weight is 298 g/mol. The molecule has 0 radical (unpaired) electrons. The van der Waals surface area contributed by atoms with Crippen molar-refractivity contribution in [2.75, 3.05) is 33.3 Å². The molecule has 1 N–H and O–H groups in total. The third-order valence-electron chi connectivity index (χ3n) is 5.76. The van der Waals surface area contributed by atoms with Crippen LogP contribution in [-0.2, 0) is 4.74 Å². The first-order valence-electron chi connectivity index (χ1n) is 9.03. The first kappa shape index (κ1) is 17.2. The summed E-state index contributed by atoms with van der Waals surface area (Å²) >= 11 is 0. The van der Waals surface area contributed by atoms with Crippen molar-refractivity contribution < 1.29 is 14.3 Å². The molecule has 4 unspecified atom stereocenters. The Bertz CT molecular complexity index is 312. The molecule has 2 aliphatic rings. The molecule has 0 spiro atoms. The maximum atomic E-state index is 10.4. The quantitative estimate of drug-likeness (QED) is 0.764. The van der Waals surface area contributed by atoms with Crippen LogP contribution in [0.3, 0.4) is 0 Å². The lowest BCUT2D eigenvalue weighted by atomic mass is 9.75. The van der Waals surface area contributed by atoms with Crippen LogP contribution in [0.15, 0.2) is 0 Å². The fourth-order valence-electron chi connectivity index (χ4n) is 4.38. The lowest BCUT2D eigenvalue weighted by Crippen LogP contribution is -2.48. The molecule has 1 saturated heterocycles. The largest absolute Gasteiger partial charge is 0.385 e. The highest BCUT2D eigenvalue weighted by Crippen LogP contribution is 2.35. The molecule has 0 bridgehead atoms. The molecule has 0 aromatic rings. The van der Waals surface area contributed by atoms with Crippen LogP contribution in [0.1, 0.15) is 52.9 Å². The Morgan fingerprint density at radius 2 is 1.86 bits per heavy atom. The van der Waals surface area contributed by atoms with E-state index in [2.05, 4.69) is 27.8 Å². The van der Waals surface area contributed by atoms with E-state index in [9.17, 15) is 5.11 Å². The minimum absolute atomic E-state index is 0.307. The summed E-state index contributed by atoms with van der Waals surface area (Å²) in [6, 6.07) is 0. The molecule has 124 valence electrons. The SMILES string of the molecule is CC1CCC(C(C)C)C(OCC(O)C[N+]2(C)CCCC2)C1. The smallest absolute Gasteiger partial charge is 0.126 e. The maximum absolute atomic E-state index is 10.4. The van der Waals surface area contributed by atoms with Crippen molar-refractivity contribution in [2.45, 2.75) is 65.1 Å². The summed E-state index contributed by atoms with van der Waals surface area (Å²) in [5.41, 5.74) is 0.